The van der Waals surface area contributed by atoms with Crippen molar-refractivity contribution < 1.29 is 14.5 Å². The lowest BCUT2D eigenvalue weighted by atomic mass is 10.3. The Labute approximate surface area is 165 Å². The van der Waals surface area contributed by atoms with Gasteiger partial charge in [0.1, 0.15) is 12.1 Å². The molecule has 0 unspecified atom stereocenters. The van der Waals surface area contributed by atoms with E-state index in [1.54, 1.807) is 48.5 Å². The molecule has 3 rings (SSSR count). The van der Waals surface area contributed by atoms with Crippen molar-refractivity contribution in [3.8, 4) is 5.75 Å². The molecule has 0 aliphatic heterocycles. The summed E-state index contributed by atoms with van der Waals surface area (Å²) in [7, 11) is 0. The lowest BCUT2D eigenvalue weighted by Crippen LogP contribution is -2.34. The maximum atomic E-state index is 11.9. The first-order chi connectivity index (χ1) is 14.1. The van der Waals surface area contributed by atoms with Crippen LogP contribution >= 0.6 is 0 Å². The zero-order valence-electron chi connectivity index (χ0n) is 15.0. The summed E-state index contributed by atoms with van der Waals surface area (Å²) in [5.41, 5.74) is 10.4. The number of carbonyl (C=O) groups excluding carboxylic acids is 1. The van der Waals surface area contributed by atoms with Crippen LogP contribution in [-0.4, -0.2) is 27.4 Å². The van der Waals surface area contributed by atoms with Crippen LogP contribution in [0.4, 0.5) is 23.0 Å². The second-order valence-electron chi connectivity index (χ2n) is 5.57. The minimum absolute atomic E-state index is 0.0777. The third kappa shape index (κ3) is 5.53. The predicted octanol–water partition coefficient (Wildman–Crippen LogP) is 2.35. The van der Waals surface area contributed by atoms with Crippen molar-refractivity contribution in [1.82, 2.24) is 15.4 Å². The SMILES string of the molecule is O=C(COc1ccccc1)NNc1ncnc(NNc2ccccc2)c1[N+](=O)[O-]. The van der Waals surface area contributed by atoms with Gasteiger partial charge in [0.25, 0.3) is 5.91 Å². The number of hydrogen-bond acceptors (Lipinski definition) is 9. The third-order valence-corrected chi connectivity index (χ3v) is 3.54. The van der Waals surface area contributed by atoms with Gasteiger partial charge in [-0.3, -0.25) is 36.6 Å². The first-order valence-corrected chi connectivity index (χ1v) is 8.42. The molecule has 0 saturated heterocycles. The Morgan fingerprint density at radius 2 is 1.55 bits per heavy atom. The van der Waals surface area contributed by atoms with E-state index in [0.29, 0.717) is 11.4 Å². The Morgan fingerprint density at radius 1 is 0.931 bits per heavy atom. The van der Waals surface area contributed by atoms with E-state index in [4.69, 9.17) is 4.74 Å². The van der Waals surface area contributed by atoms with Gasteiger partial charge in [0, 0.05) is 0 Å². The average molecular weight is 395 g/mol. The molecule has 0 radical (unpaired) electrons. The molecule has 0 atom stereocenters. The summed E-state index contributed by atoms with van der Waals surface area (Å²) in [6.07, 6.45) is 1.12. The predicted molar refractivity (Wildman–Crippen MR) is 106 cm³/mol. The van der Waals surface area contributed by atoms with Gasteiger partial charge < -0.3 is 4.74 Å². The van der Waals surface area contributed by atoms with Gasteiger partial charge in [-0.25, -0.2) is 9.97 Å². The van der Waals surface area contributed by atoms with Gasteiger partial charge in [0.15, 0.2) is 6.61 Å². The molecule has 4 N–H and O–H groups in total. The molecule has 0 fully saturated rings. The summed E-state index contributed by atoms with van der Waals surface area (Å²) < 4.78 is 5.30. The number of hydrazine groups is 2. The average Bonchev–Trinajstić information content (AvgIpc) is 2.76. The van der Waals surface area contributed by atoms with Crippen LogP contribution in [0, 0.1) is 10.1 Å². The highest BCUT2D eigenvalue weighted by Crippen LogP contribution is 2.28. The number of amides is 1. The van der Waals surface area contributed by atoms with Crippen LogP contribution in [0.1, 0.15) is 0 Å². The second-order valence-corrected chi connectivity index (χ2v) is 5.57. The van der Waals surface area contributed by atoms with Gasteiger partial charge in [-0.2, -0.15) is 0 Å². The standard InChI is InChI=1S/C18H17N7O4/c26-15(11-29-14-9-5-2-6-10-14)22-24-18-16(25(27)28)17(19-12-20-18)23-21-13-7-3-1-4-8-13/h1-10,12,21H,11H2,(H,22,26)(H2,19,20,23,24). The maximum absolute atomic E-state index is 11.9. The van der Waals surface area contributed by atoms with Crippen molar-refractivity contribution in [2.75, 3.05) is 22.9 Å². The fraction of sp³-hybridized carbons (Fsp3) is 0.0556. The fourth-order valence-electron chi connectivity index (χ4n) is 2.22. The lowest BCUT2D eigenvalue weighted by molar-refractivity contribution is -0.383. The van der Waals surface area contributed by atoms with Crippen LogP contribution in [0.25, 0.3) is 0 Å². The number of anilines is 3. The number of rotatable bonds is 9. The van der Waals surface area contributed by atoms with E-state index in [1.807, 2.05) is 12.1 Å². The number of hydrogen-bond donors (Lipinski definition) is 4. The third-order valence-electron chi connectivity index (χ3n) is 3.54. The number of nitrogens with zero attached hydrogens (tertiary/aromatic N) is 3. The number of nitro groups is 1. The Hall–Kier alpha value is -4.41. The molecule has 1 heterocycles. The van der Waals surface area contributed by atoms with Gasteiger partial charge in [-0.05, 0) is 24.3 Å². The maximum Gasteiger partial charge on any atom is 0.356 e. The number of nitrogens with one attached hydrogen (secondary N) is 4. The van der Waals surface area contributed by atoms with Crippen LogP contribution in [0.5, 0.6) is 5.75 Å². The van der Waals surface area contributed by atoms with Crippen LogP contribution in [0.3, 0.4) is 0 Å². The Balaban J connectivity index is 1.62. The normalized spacial score (nSPS) is 9.93. The molecule has 11 nitrogen and oxygen atoms in total. The van der Waals surface area contributed by atoms with Crippen molar-refractivity contribution in [2.24, 2.45) is 0 Å². The zero-order valence-corrected chi connectivity index (χ0v) is 15.0. The van der Waals surface area contributed by atoms with Gasteiger partial charge in [0.05, 0.1) is 10.6 Å². The van der Waals surface area contributed by atoms with E-state index in [-0.39, 0.29) is 18.2 Å². The summed E-state index contributed by atoms with van der Waals surface area (Å²) in [4.78, 5) is 30.4. The lowest BCUT2D eigenvalue weighted by Gasteiger charge is -2.12. The molecule has 0 saturated carbocycles. The summed E-state index contributed by atoms with van der Waals surface area (Å²) in [5, 5.41) is 11.5. The highest BCUT2D eigenvalue weighted by Gasteiger charge is 2.23. The minimum atomic E-state index is -0.663. The van der Waals surface area contributed by atoms with Crippen molar-refractivity contribution in [1.29, 1.82) is 0 Å². The van der Waals surface area contributed by atoms with Gasteiger partial charge in [-0.15, -0.1) is 0 Å². The Morgan fingerprint density at radius 3 is 2.21 bits per heavy atom. The van der Waals surface area contributed by atoms with E-state index in [0.717, 1.165) is 6.33 Å². The molecule has 1 aromatic heterocycles. The van der Waals surface area contributed by atoms with Gasteiger partial charge >= 0.3 is 5.69 Å². The highest BCUT2D eigenvalue weighted by atomic mass is 16.6. The zero-order chi connectivity index (χ0) is 20.5. The van der Waals surface area contributed by atoms with Crippen LogP contribution in [0.2, 0.25) is 0 Å². The fourth-order valence-corrected chi connectivity index (χ4v) is 2.22. The Bertz CT molecular complexity index is 970. The van der Waals surface area contributed by atoms with Crippen molar-refractivity contribution in [3.63, 3.8) is 0 Å². The van der Waals surface area contributed by atoms with Crippen molar-refractivity contribution in [2.45, 2.75) is 0 Å². The first kappa shape index (κ1) is 19.4. The minimum Gasteiger partial charge on any atom is -0.484 e. The molecule has 2 aromatic carbocycles. The van der Waals surface area contributed by atoms with Gasteiger partial charge in [0.2, 0.25) is 11.6 Å². The van der Waals surface area contributed by atoms with E-state index in [2.05, 4.69) is 31.7 Å². The molecule has 1 amide bonds. The number of aromatic nitrogens is 2. The molecule has 148 valence electrons. The first-order valence-electron chi connectivity index (χ1n) is 8.42. The van der Waals surface area contributed by atoms with E-state index in [1.165, 1.54) is 0 Å². The molecular formula is C18H17N7O4. The van der Waals surface area contributed by atoms with Crippen LogP contribution in [-0.2, 0) is 4.79 Å². The van der Waals surface area contributed by atoms with Crippen LogP contribution < -0.4 is 26.4 Å². The molecule has 0 aliphatic carbocycles. The summed E-state index contributed by atoms with van der Waals surface area (Å²) >= 11 is 0. The van der Waals surface area contributed by atoms with E-state index < -0.39 is 16.5 Å². The topological polar surface area (TPSA) is 143 Å². The monoisotopic (exact) mass is 395 g/mol. The molecule has 0 aliphatic rings. The van der Waals surface area contributed by atoms with Crippen molar-refractivity contribution in [3.05, 3.63) is 77.1 Å². The molecule has 0 spiro atoms. The van der Waals surface area contributed by atoms with E-state index >= 15 is 0 Å². The number of para-hydroxylation sites is 2. The molecule has 11 heteroatoms. The summed E-state index contributed by atoms with van der Waals surface area (Å²) in [5.74, 6) is -0.283. The highest BCUT2D eigenvalue weighted by molar-refractivity contribution is 5.80. The summed E-state index contributed by atoms with van der Waals surface area (Å²) in [6.45, 7) is -0.281. The van der Waals surface area contributed by atoms with Gasteiger partial charge in [-0.1, -0.05) is 36.4 Å². The molecule has 3 aromatic rings. The van der Waals surface area contributed by atoms with E-state index in [9.17, 15) is 14.9 Å². The second kappa shape index (κ2) is 9.50. The number of carbonyl (C=O) groups is 1. The quantitative estimate of drug-likeness (QED) is 0.317. The number of ether oxygens (including phenoxy) is 1. The van der Waals surface area contributed by atoms with Crippen LogP contribution in [0.15, 0.2) is 67.0 Å². The largest absolute Gasteiger partial charge is 0.484 e. The summed E-state index contributed by atoms with van der Waals surface area (Å²) in [6, 6.07) is 17.8. The molecule has 29 heavy (non-hydrogen) atoms. The Kier molecular flexibility index (Phi) is 6.34. The number of benzene rings is 2. The smallest absolute Gasteiger partial charge is 0.356 e. The van der Waals surface area contributed by atoms with Crippen molar-refractivity contribution >= 4 is 28.9 Å². The molecular weight excluding hydrogens is 378 g/mol. The molecule has 0 bridgehead atoms.